The lowest BCUT2D eigenvalue weighted by molar-refractivity contribution is 0.104. The van der Waals surface area contributed by atoms with Gasteiger partial charge in [-0.2, -0.15) is 0 Å². The highest BCUT2D eigenvalue weighted by atomic mass is 35.5. The molecular formula is C13H6Cl4OS. The highest BCUT2D eigenvalue weighted by Crippen LogP contribution is 2.31. The van der Waals surface area contributed by atoms with Crippen molar-refractivity contribution < 1.29 is 4.79 Å². The molecule has 1 nitrogen and oxygen atoms in total. The third-order valence-electron chi connectivity index (χ3n) is 2.30. The molecular weight excluding hydrogens is 346 g/mol. The molecule has 0 aliphatic heterocycles. The number of carbonyl (C=O) groups excluding carboxylic acids is 1. The monoisotopic (exact) mass is 350 g/mol. The second-order valence-corrected chi connectivity index (χ2v) is 6.73. The van der Waals surface area contributed by atoms with Crippen LogP contribution in [-0.4, -0.2) is 5.78 Å². The fourth-order valence-electron chi connectivity index (χ4n) is 1.40. The van der Waals surface area contributed by atoms with Crippen molar-refractivity contribution in [2.45, 2.75) is 0 Å². The van der Waals surface area contributed by atoms with Crippen molar-refractivity contribution in [1.82, 2.24) is 0 Å². The lowest BCUT2D eigenvalue weighted by atomic mass is 10.1. The molecule has 1 aromatic carbocycles. The predicted octanol–water partition coefficient (Wildman–Crippen LogP) is 6.26. The maximum atomic E-state index is 11.9. The zero-order valence-corrected chi connectivity index (χ0v) is 13.1. The van der Waals surface area contributed by atoms with Gasteiger partial charge >= 0.3 is 0 Å². The van der Waals surface area contributed by atoms with Crippen LogP contribution in [0.4, 0.5) is 0 Å². The molecule has 1 heterocycles. The van der Waals surface area contributed by atoms with Crippen molar-refractivity contribution in [3.63, 3.8) is 0 Å². The van der Waals surface area contributed by atoms with Crippen LogP contribution in [0, 0.1) is 0 Å². The summed E-state index contributed by atoms with van der Waals surface area (Å²) in [6.07, 6.45) is 3.02. The van der Waals surface area contributed by atoms with Crippen molar-refractivity contribution >= 4 is 69.6 Å². The summed E-state index contributed by atoms with van der Waals surface area (Å²) >= 11 is 24.7. The summed E-state index contributed by atoms with van der Waals surface area (Å²) in [5, 5.41) is 1.02. The van der Waals surface area contributed by atoms with Gasteiger partial charge in [0.05, 0.1) is 9.90 Å². The molecule has 0 aliphatic carbocycles. The Morgan fingerprint density at radius 2 is 1.84 bits per heavy atom. The smallest absolute Gasteiger partial charge is 0.188 e. The molecule has 0 fully saturated rings. The third kappa shape index (κ3) is 3.74. The van der Waals surface area contributed by atoms with Gasteiger partial charge in [-0.3, -0.25) is 4.79 Å². The molecule has 0 N–H and O–H groups in total. The summed E-state index contributed by atoms with van der Waals surface area (Å²) in [6.45, 7) is 0. The molecule has 0 amide bonds. The maximum Gasteiger partial charge on any atom is 0.188 e. The number of benzene rings is 1. The van der Waals surface area contributed by atoms with Crippen LogP contribution in [0.3, 0.4) is 0 Å². The Bertz CT molecular complexity index is 661. The minimum atomic E-state index is -0.223. The van der Waals surface area contributed by atoms with Gasteiger partial charge in [-0.1, -0.05) is 52.5 Å². The number of hydrogen-bond acceptors (Lipinski definition) is 2. The Hall–Kier alpha value is -0.510. The number of allylic oxidation sites excluding steroid dienone is 1. The van der Waals surface area contributed by atoms with E-state index in [2.05, 4.69) is 0 Å². The Kier molecular flexibility index (Phi) is 4.93. The van der Waals surface area contributed by atoms with Gasteiger partial charge in [-0.05, 0) is 35.9 Å². The average Bonchev–Trinajstić information content (AvgIpc) is 2.67. The Labute approximate surface area is 134 Å². The SMILES string of the molecule is O=C(/C=C/c1ccc(Cl)cc1Cl)c1cc(Cl)sc1Cl. The molecule has 0 saturated heterocycles. The molecule has 0 bridgehead atoms. The van der Waals surface area contributed by atoms with Crippen LogP contribution in [0.5, 0.6) is 0 Å². The van der Waals surface area contributed by atoms with Gasteiger partial charge in [0.2, 0.25) is 0 Å². The molecule has 0 atom stereocenters. The molecule has 0 radical (unpaired) electrons. The van der Waals surface area contributed by atoms with E-state index in [0.29, 0.717) is 29.8 Å². The Morgan fingerprint density at radius 3 is 2.42 bits per heavy atom. The number of ketones is 1. The van der Waals surface area contributed by atoms with Gasteiger partial charge in [0, 0.05) is 10.0 Å². The highest BCUT2D eigenvalue weighted by molar-refractivity contribution is 7.20. The zero-order valence-electron chi connectivity index (χ0n) is 9.29. The molecule has 19 heavy (non-hydrogen) atoms. The summed E-state index contributed by atoms with van der Waals surface area (Å²) in [4.78, 5) is 11.9. The first-order valence-corrected chi connectivity index (χ1v) is 7.42. The van der Waals surface area contributed by atoms with Crippen molar-refractivity contribution in [2.24, 2.45) is 0 Å². The second kappa shape index (κ2) is 6.29. The minimum Gasteiger partial charge on any atom is -0.289 e. The molecule has 0 aliphatic rings. The van der Waals surface area contributed by atoms with Crippen LogP contribution in [0.25, 0.3) is 6.08 Å². The van der Waals surface area contributed by atoms with Crippen molar-refractivity contribution in [2.75, 3.05) is 0 Å². The molecule has 2 aromatic rings. The van der Waals surface area contributed by atoms with Crippen molar-refractivity contribution in [3.05, 3.63) is 60.2 Å². The lowest BCUT2D eigenvalue weighted by Gasteiger charge is -1.98. The van der Waals surface area contributed by atoms with Crippen LogP contribution in [-0.2, 0) is 0 Å². The van der Waals surface area contributed by atoms with Crippen molar-refractivity contribution in [1.29, 1.82) is 0 Å². The minimum absolute atomic E-state index is 0.223. The summed E-state index contributed by atoms with van der Waals surface area (Å²) in [6, 6.07) is 6.59. The Morgan fingerprint density at radius 1 is 1.11 bits per heavy atom. The maximum absolute atomic E-state index is 11.9. The van der Waals surface area contributed by atoms with E-state index < -0.39 is 0 Å². The Balaban J connectivity index is 2.23. The summed E-state index contributed by atoms with van der Waals surface area (Å²) in [5.41, 5.74) is 1.09. The normalized spacial score (nSPS) is 11.2. The number of rotatable bonds is 3. The van der Waals surface area contributed by atoms with Gasteiger partial charge in [0.15, 0.2) is 5.78 Å². The standard InChI is InChI=1S/C13H6Cl4OS/c14-8-3-1-7(10(15)5-8)2-4-11(18)9-6-12(16)19-13(9)17/h1-6H/b4-2+. The number of hydrogen-bond donors (Lipinski definition) is 0. The molecule has 0 spiro atoms. The van der Waals surface area contributed by atoms with E-state index in [4.69, 9.17) is 46.4 Å². The number of carbonyl (C=O) groups is 1. The van der Waals surface area contributed by atoms with E-state index in [9.17, 15) is 4.79 Å². The molecule has 0 unspecified atom stereocenters. The fourth-order valence-corrected chi connectivity index (χ4v) is 3.35. The van der Waals surface area contributed by atoms with Gasteiger partial charge in [0.25, 0.3) is 0 Å². The van der Waals surface area contributed by atoms with E-state index in [-0.39, 0.29) is 5.78 Å². The van der Waals surface area contributed by atoms with E-state index >= 15 is 0 Å². The first kappa shape index (κ1) is 14.9. The molecule has 98 valence electrons. The van der Waals surface area contributed by atoms with Crippen LogP contribution in [0.15, 0.2) is 30.3 Å². The van der Waals surface area contributed by atoms with Gasteiger partial charge in [0.1, 0.15) is 4.34 Å². The van der Waals surface area contributed by atoms with E-state index in [1.165, 1.54) is 6.08 Å². The second-order valence-electron chi connectivity index (χ2n) is 3.60. The van der Waals surface area contributed by atoms with Crippen LogP contribution >= 0.6 is 57.7 Å². The van der Waals surface area contributed by atoms with E-state index in [0.717, 1.165) is 11.3 Å². The van der Waals surface area contributed by atoms with Gasteiger partial charge in [-0.25, -0.2) is 0 Å². The number of halogens is 4. The largest absolute Gasteiger partial charge is 0.289 e. The zero-order chi connectivity index (χ0) is 14.0. The first-order chi connectivity index (χ1) is 8.97. The summed E-state index contributed by atoms with van der Waals surface area (Å²) < 4.78 is 0.855. The highest BCUT2D eigenvalue weighted by Gasteiger charge is 2.11. The third-order valence-corrected chi connectivity index (χ3v) is 4.35. The average molecular weight is 352 g/mol. The first-order valence-electron chi connectivity index (χ1n) is 5.09. The molecule has 6 heteroatoms. The fraction of sp³-hybridized carbons (Fsp3) is 0. The molecule has 0 saturated carbocycles. The van der Waals surface area contributed by atoms with Crippen LogP contribution in [0.1, 0.15) is 15.9 Å². The van der Waals surface area contributed by atoms with Gasteiger partial charge < -0.3 is 0 Å². The van der Waals surface area contributed by atoms with Crippen LogP contribution in [0.2, 0.25) is 18.7 Å². The lowest BCUT2D eigenvalue weighted by Crippen LogP contribution is -1.91. The molecule has 2 rings (SSSR count). The summed E-state index contributed by atoms with van der Waals surface area (Å²) in [7, 11) is 0. The summed E-state index contributed by atoms with van der Waals surface area (Å²) in [5.74, 6) is -0.223. The van der Waals surface area contributed by atoms with Crippen molar-refractivity contribution in [3.8, 4) is 0 Å². The number of thiophene rings is 1. The topological polar surface area (TPSA) is 17.1 Å². The van der Waals surface area contributed by atoms with E-state index in [1.807, 2.05) is 0 Å². The van der Waals surface area contributed by atoms with Crippen LogP contribution < -0.4 is 0 Å². The molecule has 1 aromatic heterocycles. The van der Waals surface area contributed by atoms with E-state index in [1.54, 1.807) is 30.3 Å². The van der Waals surface area contributed by atoms with Gasteiger partial charge in [-0.15, -0.1) is 11.3 Å². The predicted molar refractivity (Wildman–Crippen MR) is 84.2 cm³/mol. The quantitative estimate of drug-likeness (QED) is 0.471.